The maximum absolute atomic E-state index is 13.0. The van der Waals surface area contributed by atoms with Crippen molar-refractivity contribution < 1.29 is 13.8 Å². The number of morpholine rings is 1. The molecule has 0 amide bonds. The average Bonchev–Trinajstić information content (AvgIpc) is 3.19. The Balaban J connectivity index is 1.46. The molecule has 0 spiro atoms. The van der Waals surface area contributed by atoms with Gasteiger partial charge in [0, 0.05) is 19.6 Å². The number of halogens is 1. The number of benzene rings is 2. The van der Waals surface area contributed by atoms with Gasteiger partial charge in [0.05, 0.1) is 24.6 Å². The second kappa shape index (κ2) is 7.85. The van der Waals surface area contributed by atoms with Gasteiger partial charge in [0.15, 0.2) is 16.1 Å². The fourth-order valence-electron chi connectivity index (χ4n) is 2.96. The molecule has 2 N–H and O–H groups in total. The lowest BCUT2D eigenvalue weighted by Gasteiger charge is -2.28. The average molecular weight is 387 g/mol. The summed E-state index contributed by atoms with van der Waals surface area (Å²) in [5.41, 5.74) is 3.90. The number of ether oxygens (including phenoxy) is 1. The first-order valence-electron chi connectivity index (χ1n) is 8.58. The van der Waals surface area contributed by atoms with Crippen LogP contribution in [0.25, 0.3) is 11.0 Å². The van der Waals surface area contributed by atoms with Crippen LogP contribution < -0.4 is 15.5 Å². The summed E-state index contributed by atoms with van der Waals surface area (Å²) in [6.45, 7) is 3.45. The Morgan fingerprint density at radius 2 is 1.81 bits per heavy atom. The van der Waals surface area contributed by atoms with Gasteiger partial charge < -0.3 is 20.3 Å². The highest BCUT2D eigenvalue weighted by Gasteiger charge is 2.19. The first-order chi connectivity index (χ1) is 13.2. The topological polar surface area (TPSA) is 75.5 Å². The van der Waals surface area contributed by atoms with Crippen LogP contribution in [0.15, 0.2) is 41.0 Å². The van der Waals surface area contributed by atoms with Gasteiger partial charge >= 0.3 is 0 Å². The van der Waals surface area contributed by atoms with Crippen LogP contribution >= 0.6 is 12.2 Å². The van der Waals surface area contributed by atoms with Gasteiger partial charge in [0.2, 0.25) is 0 Å². The summed E-state index contributed by atoms with van der Waals surface area (Å²) in [6, 6.07) is 10.1. The van der Waals surface area contributed by atoms with Crippen LogP contribution in [0, 0.1) is 5.82 Å². The number of hydrogen-bond donors (Lipinski definition) is 2. The minimum Gasteiger partial charge on any atom is -0.378 e. The predicted molar refractivity (Wildman–Crippen MR) is 104 cm³/mol. The van der Waals surface area contributed by atoms with Crippen LogP contribution in [0.4, 0.5) is 15.8 Å². The van der Waals surface area contributed by atoms with Gasteiger partial charge in [0.1, 0.15) is 5.82 Å². The Morgan fingerprint density at radius 1 is 1.07 bits per heavy atom. The summed E-state index contributed by atoms with van der Waals surface area (Å²) in [5, 5.41) is 14.7. The van der Waals surface area contributed by atoms with Gasteiger partial charge in [-0.1, -0.05) is 12.1 Å². The summed E-state index contributed by atoms with van der Waals surface area (Å²) in [7, 11) is 0. The molecule has 0 unspecified atom stereocenters. The molecule has 0 radical (unpaired) electrons. The number of thiocarbonyl (C=S) groups is 1. The first-order valence-corrected chi connectivity index (χ1v) is 8.99. The van der Waals surface area contributed by atoms with E-state index in [2.05, 4.69) is 25.8 Å². The van der Waals surface area contributed by atoms with Crippen molar-refractivity contribution in [2.45, 2.75) is 6.54 Å². The lowest BCUT2D eigenvalue weighted by molar-refractivity contribution is 0.123. The molecule has 0 saturated carbocycles. The third-order valence-electron chi connectivity index (χ3n) is 4.36. The third kappa shape index (κ3) is 3.99. The van der Waals surface area contributed by atoms with E-state index in [1.807, 2.05) is 12.1 Å². The van der Waals surface area contributed by atoms with Crippen molar-refractivity contribution in [1.29, 1.82) is 0 Å². The fraction of sp³-hybridized carbons (Fsp3) is 0.278. The maximum Gasteiger partial charge on any atom is 0.171 e. The minimum atomic E-state index is -0.263. The first kappa shape index (κ1) is 17.6. The number of aromatic nitrogens is 2. The molecule has 27 heavy (non-hydrogen) atoms. The van der Waals surface area contributed by atoms with Crippen molar-refractivity contribution in [2.24, 2.45) is 0 Å². The number of fused-ring (bicyclic) bond motifs is 1. The number of nitrogens with zero attached hydrogens (tertiary/aromatic N) is 3. The van der Waals surface area contributed by atoms with Crippen LogP contribution in [0.2, 0.25) is 0 Å². The molecule has 0 aliphatic carbocycles. The van der Waals surface area contributed by atoms with E-state index in [1.165, 1.54) is 12.1 Å². The quantitative estimate of drug-likeness (QED) is 0.662. The molecule has 1 fully saturated rings. The molecule has 140 valence electrons. The van der Waals surface area contributed by atoms with Crippen LogP contribution in [-0.2, 0) is 11.3 Å². The van der Waals surface area contributed by atoms with Crippen LogP contribution in [-0.4, -0.2) is 41.7 Å². The van der Waals surface area contributed by atoms with Crippen LogP contribution in [0.3, 0.4) is 0 Å². The Morgan fingerprint density at radius 3 is 2.59 bits per heavy atom. The van der Waals surface area contributed by atoms with E-state index in [0.717, 1.165) is 24.3 Å². The molecular weight excluding hydrogens is 369 g/mol. The Kier molecular flexibility index (Phi) is 5.12. The second-order valence-corrected chi connectivity index (χ2v) is 6.54. The minimum absolute atomic E-state index is 0.263. The van der Waals surface area contributed by atoms with Gasteiger partial charge in [-0.25, -0.2) is 9.02 Å². The van der Waals surface area contributed by atoms with Crippen molar-refractivity contribution >= 4 is 39.7 Å². The third-order valence-corrected chi connectivity index (χ3v) is 4.61. The van der Waals surface area contributed by atoms with E-state index < -0.39 is 0 Å². The molecule has 3 aromatic rings. The number of nitrogens with one attached hydrogen (secondary N) is 2. The van der Waals surface area contributed by atoms with E-state index in [1.54, 1.807) is 12.1 Å². The molecule has 7 nitrogen and oxygen atoms in total. The molecule has 1 aliphatic rings. The van der Waals surface area contributed by atoms with Crippen molar-refractivity contribution in [1.82, 2.24) is 15.6 Å². The van der Waals surface area contributed by atoms with E-state index in [0.29, 0.717) is 41.6 Å². The Bertz CT molecular complexity index is 941. The summed E-state index contributed by atoms with van der Waals surface area (Å²) in [5.74, 6) is -0.263. The number of anilines is 2. The van der Waals surface area contributed by atoms with Crippen LogP contribution in [0.5, 0.6) is 0 Å². The highest BCUT2D eigenvalue weighted by atomic mass is 32.1. The molecule has 4 rings (SSSR count). The predicted octanol–water partition coefficient (Wildman–Crippen LogP) is 2.69. The standard InChI is InChI=1S/C18H18FN5O2S/c19-13-3-1-12(2-4-13)11-20-18(27)21-14-5-6-15(17-16(14)22-26-23-17)24-7-9-25-10-8-24/h1-6H,7-11H2,(H2,20,21,27). The largest absolute Gasteiger partial charge is 0.378 e. The Hall–Kier alpha value is -2.78. The van der Waals surface area contributed by atoms with Gasteiger partial charge in [-0.05, 0) is 52.4 Å². The highest BCUT2D eigenvalue weighted by molar-refractivity contribution is 7.80. The number of hydrogen-bond acceptors (Lipinski definition) is 6. The van der Waals surface area contributed by atoms with Crippen molar-refractivity contribution in [2.75, 3.05) is 36.5 Å². The highest BCUT2D eigenvalue weighted by Crippen LogP contribution is 2.30. The van der Waals surface area contributed by atoms with Crippen molar-refractivity contribution in [3.8, 4) is 0 Å². The van der Waals surface area contributed by atoms with E-state index >= 15 is 0 Å². The summed E-state index contributed by atoms with van der Waals surface area (Å²) in [6.07, 6.45) is 0. The Labute approximate surface area is 160 Å². The van der Waals surface area contributed by atoms with Gasteiger partial charge in [-0.2, -0.15) is 0 Å². The molecule has 1 aliphatic heterocycles. The zero-order valence-corrected chi connectivity index (χ0v) is 15.3. The van der Waals surface area contributed by atoms with E-state index in [-0.39, 0.29) is 5.82 Å². The number of rotatable bonds is 4. The molecule has 2 heterocycles. The molecule has 2 aromatic carbocycles. The summed E-state index contributed by atoms with van der Waals surface area (Å²) < 4.78 is 23.3. The zero-order valence-electron chi connectivity index (χ0n) is 14.4. The lowest BCUT2D eigenvalue weighted by Crippen LogP contribution is -2.36. The van der Waals surface area contributed by atoms with Gasteiger partial charge in [-0.3, -0.25) is 0 Å². The van der Waals surface area contributed by atoms with Gasteiger partial charge in [0.25, 0.3) is 0 Å². The fourth-order valence-corrected chi connectivity index (χ4v) is 3.15. The van der Waals surface area contributed by atoms with Crippen LogP contribution in [0.1, 0.15) is 5.56 Å². The maximum atomic E-state index is 13.0. The molecular formula is C18H18FN5O2S. The second-order valence-electron chi connectivity index (χ2n) is 6.13. The monoisotopic (exact) mass is 387 g/mol. The SMILES string of the molecule is Fc1ccc(CNC(=S)Nc2ccc(N3CCOCC3)c3nonc23)cc1. The molecule has 0 bridgehead atoms. The van der Waals surface area contributed by atoms with E-state index in [4.69, 9.17) is 21.6 Å². The molecule has 0 atom stereocenters. The lowest BCUT2D eigenvalue weighted by atomic mass is 10.2. The molecule has 9 heteroatoms. The normalized spacial score (nSPS) is 14.3. The summed E-state index contributed by atoms with van der Waals surface area (Å²) >= 11 is 5.35. The van der Waals surface area contributed by atoms with E-state index in [9.17, 15) is 4.39 Å². The smallest absolute Gasteiger partial charge is 0.171 e. The zero-order chi connectivity index (χ0) is 18.6. The van der Waals surface area contributed by atoms with Crippen molar-refractivity contribution in [3.05, 3.63) is 47.8 Å². The van der Waals surface area contributed by atoms with Gasteiger partial charge in [-0.15, -0.1) is 0 Å². The molecule has 1 saturated heterocycles. The van der Waals surface area contributed by atoms with Crippen molar-refractivity contribution in [3.63, 3.8) is 0 Å². The molecule has 1 aromatic heterocycles. The summed E-state index contributed by atoms with van der Waals surface area (Å²) in [4.78, 5) is 2.20.